The third-order valence-electron chi connectivity index (χ3n) is 2.83. The number of alkyl halides is 1. The molecule has 5 heteroatoms. The number of carbonyl (C=O) groups is 2. The minimum Gasteiger partial charge on any atom is -0.304 e. The van der Waals surface area contributed by atoms with Crippen LogP contribution in [0.3, 0.4) is 0 Å². The fraction of sp³-hybridized carbons (Fsp3) is 0.429. The van der Waals surface area contributed by atoms with Crippen LogP contribution in [0.4, 0.5) is 5.69 Å². The summed E-state index contributed by atoms with van der Waals surface area (Å²) in [6.07, 6.45) is 0.725. The molecule has 0 aromatic heterocycles. The van der Waals surface area contributed by atoms with Crippen LogP contribution in [0.25, 0.3) is 0 Å². The van der Waals surface area contributed by atoms with E-state index in [0.29, 0.717) is 0 Å². The maximum Gasteiger partial charge on any atom is 0.242 e. The molecule has 0 saturated heterocycles. The molecule has 0 saturated carbocycles. The Bertz CT molecular complexity index is 477. The fourth-order valence-corrected chi connectivity index (χ4v) is 2.94. The number of benzene rings is 1. The van der Waals surface area contributed by atoms with Crippen molar-refractivity contribution in [1.82, 2.24) is 0 Å². The second-order valence-corrected chi connectivity index (χ2v) is 5.66. The highest BCUT2D eigenvalue weighted by Crippen LogP contribution is 2.33. The molecule has 0 bridgehead atoms. The van der Waals surface area contributed by atoms with E-state index in [2.05, 4.69) is 6.92 Å². The molecule has 3 nitrogen and oxygen atoms in total. The predicted molar refractivity (Wildman–Crippen MR) is 81.5 cm³/mol. The first-order valence-corrected chi connectivity index (χ1v) is 7.61. The van der Waals surface area contributed by atoms with Gasteiger partial charge < -0.3 is 9.69 Å². The molecule has 1 amide bonds. The van der Waals surface area contributed by atoms with E-state index in [1.807, 2.05) is 26.0 Å². The summed E-state index contributed by atoms with van der Waals surface area (Å²) < 4.78 is 0. The number of nitrogens with zero attached hydrogens (tertiary/aromatic N) is 1. The van der Waals surface area contributed by atoms with Crippen molar-refractivity contribution in [3.63, 3.8) is 0 Å². The van der Waals surface area contributed by atoms with Crippen LogP contribution in [0.5, 0.6) is 0 Å². The van der Waals surface area contributed by atoms with Gasteiger partial charge in [-0.15, -0.1) is 23.4 Å². The zero-order valence-corrected chi connectivity index (χ0v) is 13.0. The Balaban J connectivity index is 3.31. The first kappa shape index (κ1) is 16.1. The summed E-state index contributed by atoms with van der Waals surface area (Å²) in [5, 5.41) is 0. The highest BCUT2D eigenvalue weighted by atomic mass is 35.5. The second kappa shape index (κ2) is 7.56. The van der Waals surface area contributed by atoms with Crippen molar-refractivity contribution in [3.05, 3.63) is 23.3 Å². The molecule has 0 N–H and O–H groups in total. The molecule has 0 fully saturated rings. The predicted octanol–water partition coefficient (Wildman–Crippen LogP) is 3.19. The number of halogens is 1. The lowest BCUT2D eigenvalue weighted by atomic mass is 10.1. The van der Waals surface area contributed by atoms with Crippen LogP contribution in [0.1, 0.15) is 18.1 Å². The van der Waals surface area contributed by atoms with Crippen LogP contribution in [0.2, 0.25) is 0 Å². The molecule has 0 radical (unpaired) electrons. The number of thioether (sulfide) groups is 1. The molecule has 1 rings (SSSR count). The Morgan fingerprint density at radius 2 is 2.11 bits per heavy atom. The number of hydrogen-bond acceptors (Lipinski definition) is 3. The monoisotopic (exact) mass is 299 g/mol. The Morgan fingerprint density at radius 1 is 1.42 bits per heavy atom. The third kappa shape index (κ3) is 3.74. The van der Waals surface area contributed by atoms with Crippen molar-refractivity contribution in [2.45, 2.75) is 25.7 Å². The van der Waals surface area contributed by atoms with Crippen LogP contribution in [0.15, 0.2) is 17.0 Å². The van der Waals surface area contributed by atoms with Crippen LogP contribution < -0.4 is 4.90 Å². The van der Waals surface area contributed by atoms with Gasteiger partial charge in [0.05, 0.1) is 12.2 Å². The number of aldehydes is 1. The quantitative estimate of drug-likeness (QED) is 0.460. The average Bonchev–Trinajstić information content (AvgIpc) is 2.40. The van der Waals surface area contributed by atoms with Gasteiger partial charge in [0.1, 0.15) is 12.2 Å². The SMILES string of the molecule is CCSc1ccc(C)c(N(CC=O)C(=O)CCl)c1C. The number of hydrogen-bond donors (Lipinski definition) is 0. The Kier molecular flexibility index (Phi) is 6.38. The lowest BCUT2D eigenvalue weighted by Gasteiger charge is -2.25. The fourth-order valence-electron chi connectivity index (χ4n) is 2.01. The van der Waals surface area contributed by atoms with Crippen molar-refractivity contribution < 1.29 is 9.59 Å². The highest BCUT2D eigenvalue weighted by Gasteiger charge is 2.19. The standard InChI is InChI=1S/C14H18ClNO2S/c1-4-19-12-6-5-10(2)14(11(12)3)16(7-8-17)13(18)9-15/h5-6,8H,4,7,9H2,1-3H3. The summed E-state index contributed by atoms with van der Waals surface area (Å²) >= 11 is 7.35. The summed E-state index contributed by atoms with van der Waals surface area (Å²) in [4.78, 5) is 25.3. The highest BCUT2D eigenvalue weighted by molar-refractivity contribution is 7.99. The van der Waals surface area contributed by atoms with E-state index in [0.717, 1.165) is 33.7 Å². The summed E-state index contributed by atoms with van der Waals surface area (Å²) in [5.74, 6) is 0.580. The smallest absolute Gasteiger partial charge is 0.242 e. The number of rotatable bonds is 6. The molecule has 0 aliphatic carbocycles. The topological polar surface area (TPSA) is 37.4 Å². The maximum absolute atomic E-state index is 11.9. The van der Waals surface area contributed by atoms with Gasteiger partial charge in [-0.2, -0.15) is 0 Å². The molecular weight excluding hydrogens is 282 g/mol. The molecule has 0 heterocycles. The molecule has 1 aromatic carbocycles. The van der Waals surface area contributed by atoms with Gasteiger partial charge in [0.15, 0.2) is 0 Å². The molecule has 104 valence electrons. The van der Waals surface area contributed by atoms with E-state index >= 15 is 0 Å². The van der Waals surface area contributed by atoms with Crippen LogP contribution in [-0.4, -0.2) is 30.4 Å². The Hall–Kier alpha value is -1.00. The number of amides is 1. The van der Waals surface area contributed by atoms with Gasteiger partial charge in [-0.05, 0) is 36.8 Å². The minimum atomic E-state index is -0.251. The largest absolute Gasteiger partial charge is 0.304 e. The molecule has 0 aliphatic heterocycles. The molecule has 0 spiro atoms. The van der Waals surface area contributed by atoms with E-state index in [1.165, 1.54) is 4.90 Å². The normalized spacial score (nSPS) is 10.3. The average molecular weight is 300 g/mol. The van der Waals surface area contributed by atoms with Gasteiger partial charge in [-0.3, -0.25) is 4.79 Å². The summed E-state index contributed by atoms with van der Waals surface area (Å²) in [6.45, 7) is 6.02. The van der Waals surface area contributed by atoms with Gasteiger partial charge in [0.25, 0.3) is 0 Å². The Morgan fingerprint density at radius 3 is 2.63 bits per heavy atom. The van der Waals surface area contributed by atoms with E-state index < -0.39 is 0 Å². The summed E-state index contributed by atoms with van der Waals surface area (Å²) in [5.41, 5.74) is 2.79. The molecule has 0 atom stereocenters. The zero-order chi connectivity index (χ0) is 14.4. The molecule has 1 aromatic rings. The Labute approximate surface area is 123 Å². The lowest BCUT2D eigenvalue weighted by molar-refractivity contribution is -0.117. The van der Waals surface area contributed by atoms with Crippen molar-refractivity contribution in [2.75, 3.05) is 23.1 Å². The van der Waals surface area contributed by atoms with Crippen LogP contribution in [-0.2, 0) is 9.59 Å². The van der Waals surface area contributed by atoms with E-state index in [1.54, 1.807) is 11.8 Å². The van der Waals surface area contributed by atoms with Gasteiger partial charge in [0.2, 0.25) is 5.91 Å². The van der Waals surface area contributed by atoms with E-state index in [9.17, 15) is 9.59 Å². The van der Waals surface area contributed by atoms with Crippen LogP contribution >= 0.6 is 23.4 Å². The van der Waals surface area contributed by atoms with Crippen LogP contribution in [0, 0.1) is 13.8 Å². The first-order chi connectivity index (χ1) is 9.06. The number of carbonyl (C=O) groups excluding carboxylic acids is 2. The number of aryl methyl sites for hydroxylation is 1. The second-order valence-electron chi connectivity index (χ2n) is 4.09. The number of anilines is 1. The van der Waals surface area contributed by atoms with Gasteiger partial charge >= 0.3 is 0 Å². The first-order valence-electron chi connectivity index (χ1n) is 6.09. The zero-order valence-electron chi connectivity index (χ0n) is 11.4. The van der Waals surface area contributed by atoms with Crippen molar-refractivity contribution >= 4 is 41.2 Å². The van der Waals surface area contributed by atoms with Gasteiger partial charge in [-0.25, -0.2) is 0 Å². The van der Waals surface area contributed by atoms with E-state index in [-0.39, 0.29) is 18.3 Å². The summed E-state index contributed by atoms with van der Waals surface area (Å²) in [6, 6.07) is 4.02. The summed E-state index contributed by atoms with van der Waals surface area (Å²) in [7, 11) is 0. The maximum atomic E-state index is 11.9. The van der Waals surface area contributed by atoms with Crippen molar-refractivity contribution in [1.29, 1.82) is 0 Å². The van der Waals surface area contributed by atoms with Crippen molar-refractivity contribution in [3.8, 4) is 0 Å². The minimum absolute atomic E-state index is 0.0352. The van der Waals surface area contributed by atoms with Gasteiger partial charge in [-0.1, -0.05) is 13.0 Å². The van der Waals surface area contributed by atoms with E-state index in [4.69, 9.17) is 11.6 Å². The molecule has 0 aliphatic rings. The molecule has 19 heavy (non-hydrogen) atoms. The molecule has 0 unspecified atom stereocenters. The third-order valence-corrected chi connectivity index (χ3v) is 4.10. The molecular formula is C14H18ClNO2S. The lowest BCUT2D eigenvalue weighted by Crippen LogP contribution is -2.34. The van der Waals surface area contributed by atoms with Crippen molar-refractivity contribution in [2.24, 2.45) is 0 Å². The van der Waals surface area contributed by atoms with Gasteiger partial charge in [0, 0.05) is 4.90 Å².